The molecule has 1 unspecified atom stereocenters. The summed E-state index contributed by atoms with van der Waals surface area (Å²) in [4.78, 5) is 0. The first-order chi connectivity index (χ1) is 22.8. The number of ether oxygens (including phenoxy) is 5. The van der Waals surface area contributed by atoms with Crippen molar-refractivity contribution in [2.24, 2.45) is 0 Å². The summed E-state index contributed by atoms with van der Waals surface area (Å²) in [5, 5.41) is 11.4. The average molecular weight is 629 g/mol. The van der Waals surface area contributed by atoms with Gasteiger partial charge in [-0.15, -0.1) is 0 Å². The Morgan fingerprint density at radius 2 is 1.36 bits per heavy atom. The molecule has 0 spiro atoms. The van der Waals surface area contributed by atoms with Gasteiger partial charge in [0, 0.05) is 27.6 Å². The largest absolute Gasteiger partial charge is 0.497 e. The average Bonchev–Trinajstić information content (AvgIpc) is 3.35. The molecule has 5 aromatic carbocycles. The fourth-order valence-electron chi connectivity index (χ4n) is 7.21. The first-order valence-electron chi connectivity index (χ1n) is 16.0. The zero-order chi connectivity index (χ0) is 32.8. The number of aryl methyl sites for hydroxylation is 2. The molecule has 5 aromatic rings. The van der Waals surface area contributed by atoms with Crippen LogP contribution < -0.4 is 14.2 Å². The van der Waals surface area contributed by atoms with Crippen LogP contribution >= 0.6 is 0 Å². The lowest BCUT2D eigenvalue weighted by Crippen LogP contribution is -2.35. The van der Waals surface area contributed by atoms with E-state index in [1.54, 1.807) is 14.2 Å². The van der Waals surface area contributed by atoms with Crippen molar-refractivity contribution in [1.29, 1.82) is 0 Å². The van der Waals surface area contributed by atoms with E-state index in [9.17, 15) is 5.11 Å². The Morgan fingerprint density at radius 1 is 0.723 bits per heavy atom. The Kier molecular flexibility index (Phi) is 8.04. The summed E-state index contributed by atoms with van der Waals surface area (Å²) < 4.78 is 30.9. The molecule has 0 amide bonds. The molecule has 1 atom stereocenters. The number of hydrogen-bond donors (Lipinski definition) is 1. The number of rotatable bonds is 10. The Balaban J connectivity index is 1.48. The van der Waals surface area contributed by atoms with E-state index in [4.69, 9.17) is 23.7 Å². The highest BCUT2D eigenvalue weighted by atomic mass is 16.5. The molecule has 1 aliphatic heterocycles. The quantitative estimate of drug-likeness (QED) is 0.158. The Labute approximate surface area is 276 Å². The smallest absolute Gasteiger partial charge is 0.178 e. The SMILES string of the molecule is COc1ccc(C2(c3ccc(OC)cc3)C=Cc3c4c(c5ccc(C)cc5c3O2)-c2ccc(C)cc2C4(C)OCCOCCO)cc1. The van der Waals surface area contributed by atoms with Gasteiger partial charge >= 0.3 is 0 Å². The molecule has 47 heavy (non-hydrogen) atoms. The Hall–Kier alpha value is -4.62. The number of aliphatic hydroxyl groups is 1. The summed E-state index contributed by atoms with van der Waals surface area (Å²) in [7, 11) is 3.35. The number of aliphatic hydroxyl groups excluding tert-OH is 1. The topological polar surface area (TPSA) is 66.4 Å². The first kappa shape index (κ1) is 31.0. The van der Waals surface area contributed by atoms with Crippen LogP contribution in [0.4, 0.5) is 0 Å². The van der Waals surface area contributed by atoms with Crippen LogP contribution in [-0.4, -0.2) is 45.8 Å². The first-order valence-corrected chi connectivity index (χ1v) is 16.0. The van der Waals surface area contributed by atoms with E-state index in [-0.39, 0.29) is 13.2 Å². The minimum atomic E-state index is -0.923. The van der Waals surface area contributed by atoms with Gasteiger partial charge in [-0.3, -0.25) is 0 Å². The lowest BCUT2D eigenvalue weighted by molar-refractivity contribution is -0.0378. The van der Waals surface area contributed by atoms with E-state index in [1.807, 2.05) is 24.3 Å². The minimum Gasteiger partial charge on any atom is -0.497 e. The molecule has 0 saturated heterocycles. The lowest BCUT2D eigenvalue weighted by atomic mass is 9.80. The normalized spacial score (nSPS) is 17.1. The molecule has 0 aromatic heterocycles. The monoisotopic (exact) mass is 628 g/mol. The molecule has 2 aliphatic rings. The second-order valence-corrected chi connectivity index (χ2v) is 12.4. The fourth-order valence-corrected chi connectivity index (χ4v) is 7.21. The van der Waals surface area contributed by atoms with Crippen molar-refractivity contribution >= 4 is 16.8 Å². The van der Waals surface area contributed by atoms with Crippen molar-refractivity contribution < 1.29 is 28.8 Å². The van der Waals surface area contributed by atoms with Gasteiger partial charge in [0.2, 0.25) is 0 Å². The summed E-state index contributed by atoms with van der Waals surface area (Å²) in [5.74, 6) is 2.37. The molecular formula is C41H40O6. The second-order valence-electron chi connectivity index (χ2n) is 12.4. The highest BCUT2D eigenvalue weighted by Crippen LogP contribution is 2.58. The molecule has 6 heteroatoms. The summed E-state index contributed by atoms with van der Waals surface area (Å²) in [6, 6.07) is 29.4. The molecular weight excluding hydrogens is 588 g/mol. The molecule has 6 nitrogen and oxygen atoms in total. The molecule has 0 saturated carbocycles. The van der Waals surface area contributed by atoms with Crippen LogP contribution in [0.25, 0.3) is 28.0 Å². The highest BCUT2D eigenvalue weighted by molar-refractivity contribution is 6.08. The molecule has 1 aliphatic carbocycles. The van der Waals surface area contributed by atoms with Gasteiger partial charge in [-0.05, 0) is 79.3 Å². The molecule has 0 bridgehead atoms. The van der Waals surface area contributed by atoms with Crippen molar-refractivity contribution in [2.75, 3.05) is 40.6 Å². The van der Waals surface area contributed by atoms with Crippen molar-refractivity contribution in [1.82, 2.24) is 0 Å². The van der Waals surface area contributed by atoms with Crippen LogP contribution in [0, 0.1) is 13.8 Å². The van der Waals surface area contributed by atoms with E-state index >= 15 is 0 Å². The van der Waals surface area contributed by atoms with E-state index in [1.165, 1.54) is 11.1 Å². The predicted octanol–water partition coefficient (Wildman–Crippen LogP) is 8.09. The Bertz CT molecular complexity index is 1930. The maximum atomic E-state index is 9.23. The standard InChI is InChI=1S/C41H40O6/c1-26-6-16-32-35(24-26)39-34(38-37(32)33-17-7-27(2)25-36(33)40(38,3)46-23-22-45-21-20-42)18-19-41(47-39,28-8-12-30(43-4)13-9-28)29-10-14-31(44-5)15-11-29/h6-19,24-25,42H,20-23H2,1-5H3. The maximum Gasteiger partial charge on any atom is 0.178 e. The number of methoxy groups -OCH3 is 2. The van der Waals surface area contributed by atoms with Crippen LogP contribution in [0.2, 0.25) is 0 Å². The van der Waals surface area contributed by atoms with Gasteiger partial charge in [-0.1, -0.05) is 71.8 Å². The molecule has 7 rings (SSSR count). The second kappa shape index (κ2) is 12.2. The third-order valence-electron chi connectivity index (χ3n) is 9.53. The van der Waals surface area contributed by atoms with E-state index < -0.39 is 11.2 Å². The minimum absolute atomic E-state index is 0.0205. The highest BCUT2D eigenvalue weighted by Gasteiger charge is 2.47. The molecule has 1 heterocycles. The molecule has 0 fully saturated rings. The van der Waals surface area contributed by atoms with Gasteiger partial charge in [0.15, 0.2) is 5.60 Å². The van der Waals surface area contributed by atoms with Crippen molar-refractivity contribution in [3.8, 4) is 28.4 Å². The van der Waals surface area contributed by atoms with Gasteiger partial charge < -0.3 is 28.8 Å². The number of hydrogen-bond acceptors (Lipinski definition) is 6. The summed E-state index contributed by atoms with van der Waals surface area (Å²) in [6.45, 7) is 7.41. The third kappa shape index (κ3) is 5.08. The molecule has 240 valence electrons. The van der Waals surface area contributed by atoms with Gasteiger partial charge in [0.05, 0.1) is 40.6 Å². The van der Waals surface area contributed by atoms with Crippen LogP contribution in [0.5, 0.6) is 17.2 Å². The lowest BCUT2D eigenvalue weighted by Gasteiger charge is -2.39. The van der Waals surface area contributed by atoms with Gasteiger partial charge in [-0.2, -0.15) is 0 Å². The fraction of sp³-hybridized carbons (Fsp3) is 0.268. The maximum absolute atomic E-state index is 9.23. The van der Waals surface area contributed by atoms with Crippen molar-refractivity contribution in [3.05, 3.63) is 130 Å². The molecule has 1 N–H and O–H groups in total. The zero-order valence-corrected chi connectivity index (χ0v) is 27.6. The van der Waals surface area contributed by atoms with E-state index in [2.05, 4.69) is 93.6 Å². The summed E-state index contributed by atoms with van der Waals surface area (Å²) in [5.41, 5.74) is 8.13. The third-order valence-corrected chi connectivity index (χ3v) is 9.53. The van der Waals surface area contributed by atoms with Gasteiger partial charge in [-0.25, -0.2) is 0 Å². The van der Waals surface area contributed by atoms with E-state index in [0.717, 1.165) is 67.0 Å². The van der Waals surface area contributed by atoms with Crippen molar-refractivity contribution in [2.45, 2.75) is 32.0 Å². The number of fused-ring (bicyclic) bond motifs is 8. The number of benzene rings is 5. The van der Waals surface area contributed by atoms with Crippen LogP contribution in [-0.2, 0) is 20.7 Å². The van der Waals surface area contributed by atoms with E-state index in [0.29, 0.717) is 13.2 Å². The van der Waals surface area contributed by atoms with Crippen LogP contribution in [0.15, 0.2) is 91.0 Å². The predicted molar refractivity (Wildman–Crippen MR) is 186 cm³/mol. The zero-order valence-electron chi connectivity index (χ0n) is 27.6. The van der Waals surface area contributed by atoms with Gasteiger partial charge in [0.1, 0.15) is 22.8 Å². The Morgan fingerprint density at radius 3 is 2.00 bits per heavy atom. The van der Waals surface area contributed by atoms with Crippen LogP contribution in [0.3, 0.4) is 0 Å². The summed E-state index contributed by atoms with van der Waals surface area (Å²) >= 11 is 0. The summed E-state index contributed by atoms with van der Waals surface area (Å²) in [6.07, 6.45) is 4.39. The van der Waals surface area contributed by atoms with Crippen molar-refractivity contribution in [3.63, 3.8) is 0 Å². The molecule has 0 radical (unpaired) electrons. The van der Waals surface area contributed by atoms with Gasteiger partial charge in [0.25, 0.3) is 0 Å². The van der Waals surface area contributed by atoms with Crippen LogP contribution in [0.1, 0.15) is 45.9 Å².